The fourth-order valence-corrected chi connectivity index (χ4v) is 5.01. The smallest absolute Gasteiger partial charge is 0.243 e. The Labute approximate surface area is 128 Å². The number of nitrogens with zero attached hydrogens (tertiary/aromatic N) is 1. The molecule has 1 aliphatic carbocycles. The Morgan fingerprint density at radius 3 is 2.48 bits per heavy atom. The van der Waals surface area contributed by atoms with Crippen molar-refractivity contribution in [3.8, 4) is 0 Å². The second-order valence-electron chi connectivity index (χ2n) is 6.01. The van der Waals surface area contributed by atoms with Gasteiger partial charge >= 0.3 is 0 Å². The summed E-state index contributed by atoms with van der Waals surface area (Å²) in [5.41, 5.74) is 7.78. The van der Waals surface area contributed by atoms with E-state index in [2.05, 4.69) is 0 Å². The molecular formula is C16H26N2O2S. The van der Waals surface area contributed by atoms with Gasteiger partial charge in [-0.25, -0.2) is 8.42 Å². The molecular weight excluding hydrogens is 284 g/mol. The maximum absolute atomic E-state index is 13.0. The minimum Gasteiger partial charge on any atom is -0.329 e. The molecule has 0 amide bonds. The number of nitrogens with two attached hydrogens (primary N) is 1. The summed E-state index contributed by atoms with van der Waals surface area (Å²) < 4.78 is 27.5. The van der Waals surface area contributed by atoms with Crippen LogP contribution in [0.15, 0.2) is 23.1 Å². The molecule has 0 fully saturated rings. The maximum atomic E-state index is 13.0. The molecule has 0 spiro atoms. The zero-order valence-electron chi connectivity index (χ0n) is 13.2. The summed E-state index contributed by atoms with van der Waals surface area (Å²) >= 11 is 0. The van der Waals surface area contributed by atoms with Gasteiger partial charge in [0.2, 0.25) is 10.0 Å². The molecule has 2 N–H and O–H groups in total. The van der Waals surface area contributed by atoms with Gasteiger partial charge in [0, 0.05) is 18.6 Å². The molecule has 0 saturated carbocycles. The normalized spacial score (nSPS) is 17.8. The van der Waals surface area contributed by atoms with Crippen LogP contribution < -0.4 is 5.73 Å². The van der Waals surface area contributed by atoms with E-state index in [9.17, 15) is 8.42 Å². The van der Waals surface area contributed by atoms with Crippen molar-refractivity contribution in [3.63, 3.8) is 0 Å². The van der Waals surface area contributed by atoms with Gasteiger partial charge in [0.15, 0.2) is 0 Å². The number of likely N-dealkylation sites (N-methyl/N-ethyl adjacent to an activating group) is 1. The first-order valence-electron chi connectivity index (χ1n) is 7.73. The Morgan fingerprint density at radius 2 is 1.90 bits per heavy atom. The Balaban J connectivity index is 2.45. The van der Waals surface area contributed by atoms with Crippen molar-refractivity contribution in [3.05, 3.63) is 29.3 Å². The molecule has 1 atom stereocenters. The second-order valence-corrected chi connectivity index (χ2v) is 7.87. The summed E-state index contributed by atoms with van der Waals surface area (Å²) in [7, 11) is -3.50. The minimum absolute atomic E-state index is 0.321. The maximum Gasteiger partial charge on any atom is 0.243 e. The topological polar surface area (TPSA) is 63.4 Å². The number of aryl methyl sites for hydroxylation is 2. The number of sulfonamides is 1. The van der Waals surface area contributed by atoms with Crippen LogP contribution in [0.4, 0.5) is 0 Å². The lowest BCUT2D eigenvalue weighted by Gasteiger charge is -2.38. The predicted molar refractivity (Wildman–Crippen MR) is 85.8 cm³/mol. The third-order valence-electron chi connectivity index (χ3n) is 4.75. The van der Waals surface area contributed by atoms with Crippen molar-refractivity contribution in [2.24, 2.45) is 5.73 Å². The van der Waals surface area contributed by atoms with Crippen LogP contribution in [0.2, 0.25) is 0 Å². The van der Waals surface area contributed by atoms with Crippen molar-refractivity contribution < 1.29 is 8.42 Å². The average molecular weight is 310 g/mol. The number of fused-ring (bicyclic) bond motifs is 1. The Bertz CT molecular complexity index is 607. The summed E-state index contributed by atoms with van der Waals surface area (Å²) in [6.45, 7) is 6.52. The fourth-order valence-electron chi connectivity index (χ4n) is 3.10. The first-order valence-corrected chi connectivity index (χ1v) is 9.17. The van der Waals surface area contributed by atoms with Gasteiger partial charge in [0.05, 0.1) is 4.90 Å². The van der Waals surface area contributed by atoms with Crippen LogP contribution >= 0.6 is 0 Å². The second kappa shape index (κ2) is 6.07. The molecule has 0 heterocycles. The number of rotatable bonds is 6. The molecule has 0 saturated heterocycles. The largest absolute Gasteiger partial charge is 0.329 e. The summed E-state index contributed by atoms with van der Waals surface area (Å²) in [5.74, 6) is 0. The van der Waals surface area contributed by atoms with Crippen LogP contribution in [-0.2, 0) is 22.9 Å². The summed E-state index contributed by atoms with van der Waals surface area (Å²) in [4.78, 5) is 0.401. The Kier molecular flexibility index (Phi) is 4.76. The quantitative estimate of drug-likeness (QED) is 0.877. The zero-order chi connectivity index (χ0) is 15.7. The molecule has 1 aromatic carbocycles. The van der Waals surface area contributed by atoms with Gasteiger partial charge in [-0.2, -0.15) is 4.31 Å². The van der Waals surface area contributed by atoms with Crippen molar-refractivity contribution in [1.82, 2.24) is 4.31 Å². The minimum atomic E-state index is -3.50. The van der Waals surface area contributed by atoms with Crippen molar-refractivity contribution >= 4 is 10.0 Å². The van der Waals surface area contributed by atoms with E-state index >= 15 is 0 Å². The lowest BCUT2D eigenvalue weighted by Crippen LogP contribution is -2.53. The highest BCUT2D eigenvalue weighted by molar-refractivity contribution is 7.89. The van der Waals surface area contributed by atoms with E-state index in [1.165, 1.54) is 11.1 Å². The average Bonchev–Trinajstić information content (AvgIpc) is 2.94. The van der Waals surface area contributed by atoms with Crippen LogP contribution in [-0.4, -0.2) is 31.4 Å². The van der Waals surface area contributed by atoms with Crippen LogP contribution in [0.3, 0.4) is 0 Å². The standard InChI is InChI=1S/C16H26N2O2S/c1-4-16(3,12-17)18(5-2)21(19,20)15-10-9-13-7-6-8-14(13)11-15/h9-11H,4-8,12,17H2,1-3H3. The van der Waals surface area contributed by atoms with E-state index in [1.807, 2.05) is 32.9 Å². The number of hydrogen-bond donors (Lipinski definition) is 1. The van der Waals surface area contributed by atoms with Gasteiger partial charge in [-0.15, -0.1) is 0 Å². The molecule has 4 nitrogen and oxygen atoms in total. The fraction of sp³-hybridized carbons (Fsp3) is 0.625. The molecule has 1 unspecified atom stereocenters. The highest BCUT2D eigenvalue weighted by Gasteiger charge is 2.37. The van der Waals surface area contributed by atoms with Crippen LogP contribution in [0.1, 0.15) is 44.7 Å². The molecule has 0 radical (unpaired) electrons. The molecule has 0 aliphatic heterocycles. The summed E-state index contributed by atoms with van der Waals surface area (Å²) in [6, 6.07) is 5.57. The van der Waals surface area contributed by atoms with E-state index in [0.717, 1.165) is 19.3 Å². The first kappa shape index (κ1) is 16.5. The van der Waals surface area contributed by atoms with Crippen LogP contribution in [0.25, 0.3) is 0 Å². The molecule has 1 aromatic rings. The highest BCUT2D eigenvalue weighted by atomic mass is 32.2. The highest BCUT2D eigenvalue weighted by Crippen LogP contribution is 2.30. The molecule has 0 bridgehead atoms. The molecule has 5 heteroatoms. The van der Waals surface area contributed by atoms with Gasteiger partial charge in [-0.1, -0.05) is 19.9 Å². The van der Waals surface area contributed by atoms with E-state index in [-0.39, 0.29) is 0 Å². The van der Waals surface area contributed by atoms with Gasteiger partial charge in [-0.05, 0) is 55.9 Å². The summed E-state index contributed by atoms with van der Waals surface area (Å²) in [6.07, 6.45) is 3.85. The molecule has 21 heavy (non-hydrogen) atoms. The lowest BCUT2D eigenvalue weighted by atomic mass is 9.99. The zero-order valence-corrected chi connectivity index (χ0v) is 14.0. The summed E-state index contributed by atoms with van der Waals surface area (Å²) in [5, 5.41) is 0. The molecule has 1 aliphatic rings. The van der Waals surface area contributed by atoms with Crippen LogP contribution in [0, 0.1) is 0 Å². The number of benzene rings is 1. The van der Waals surface area contributed by atoms with E-state index < -0.39 is 15.6 Å². The lowest BCUT2D eigenvalue weighted by molar-refractivity contribution is 0.214. The van der Waals surface area contributed by atoms with Gasteiger partial charge in [-0.3, -0.25) is 0 Å². The van der Waals surface area contributed by atoms with Crippen LogP contribution in [0.5, 0.6) is 0 Å². The SMILES string of the molecule is CCN(C(C)(CC)CN)S(=O)(=O)c1ccc2c(c1)CCC2. The van der Waals surface area contributed by atoms with Crippen molar-refractivity contribution in [2.45, 2.75) is 56.9 Å². The van der Waals surface area contributed by atoms with Gasteiger partial charge in [0.1, 0.15) is 0 Å². The molecule has 0 aromatic heterocycles. The Hall–Kier alpha value is -0.910. The third kappa shape index (κ3) is 2.87. The Morgan fingerprint density at radius 1 is 1.24 bits per heavy atom. The number of hydrogen-bond acceptors (Lipinski definition) is 3. The van der Waals surface area contributed by atoms with E-state index in [1.54, 1.807) is 10.4 Å². The third-order valence-corrected chi connectivity index (χ3v) is 6.88. The van der Waals surface area contributed by atoms with E-state index in [4.69, 9.17) is 5.73 Å². The van der Waals surface area contributed by atoms with Crippen molar-refractivity contribution in [1.29, 1.82) is 0 Å². The monoisotopic (exact) mass is 310 g/mol. The molecule has 2 rings (SSSR count). The van der Waals surface area contributed by atoms with Gasteiger partial charge in [0.25, 0.3) is 0 Å². The first-order chi connectivity index (χ1) is 9.89. The van der Waals surface area contributed by atoms with Gasteiger partial charge < -0.3 is 5.73 Å². The molecule has 118 valence electrons. The predicted octanol–water partition coefficient (Wildman–Crippen LogP) is 2.31. The van der Waals surface area contributed by atoms with Crippen molar-refractivity contribution in [2.75, 3.05) is 13.1 Å². The van der Waals surface area contributed by atoms with E-state index in [0.29, 0.717) is 24.4 Å².